The minimum Gasteiger partial charge on any atom is -0.356 e. The third-order valence-electron chi connectivity index (χ3n) is 6.05. The number of halogens is 4. The third-order valence-corrected chi connectivity index (χ3v) is 6.38. The number of benzene rings is 3. The van der Waals surface area contributed by atoms with Crippen LogP contribution in [0.5, 0.6) is 0 Å². The monoisotopic (exact) mass is 544 g/mol. The zero-order valence-electron chi connectivity index (χ0n) is 20.1. The molecule has 0 radical (unpaired) electrons. The minimum absolute atomic E-state index is 0.0758. The van der Waals surface area contributed by atoms with Gasteiger partial charge in [0.1, 0.15) is 0 Å². The summed E-state index contributed by atoms with van der Waals surface area (Å²) in [6, 6.07) is 19.0. The fourth-order valence-corrected chi connectivity index (χ4v) is 4.16. The van der Waals surface area contributed by atoms with E-state index in [2.05, 4.69) is 10.6 Å². The van der Waals surface area contributed by atoms with E-state index in [4.69, 9.17) is 11.6 Å². The van der Waals surface area contributed by atoms with Crippen molar-refractivity contribution in [2.45, 2.75) is 6.18 Å². The van der Waals surface area contributed by atoms with E-state index in [1.165, 1.54) is 9.80 Å². The van der Waals surface area contributed by atoms with Crippen molar-refractivity contribution in [2.75, 3.05) is 38.0 Å². The maximum Gasteiger partial charge on any atom is 0.416 e. The van der Waals surface area contributed by atoms with E-state index in [-0.39, 0.29) is 49.2 Å². The number of hydrogen-bond acceptors (Lipinski definition) is 4. The van der Waals surface area contributed by atoms with Crippen LogP contribution >= 0.6 is 11.6 Å². The van der Waals surface area contributed by atoms with E-state index < -0.39 is 23.6 Å². The molecule has 1 heterocycles. The fraction of sp³-hybridized carbons (Fsp3) is 0.222. The second-order valence-electron chi connectivity index (χ2n) is 8.62. The molecular weight excluding hydrogens is 521 g/mol. The van der Waals surface area contributed by atoms with Crippen molar-refractivity contribution < 1.29 is 27.6 Å². The highest BCUT2D eigenvalue weighted by molar-refractivity contribution is 6.33. The third kappa shape index (κ3) is 6.63. The van der Waals surface area contributed by atoms with E-state index in [1.54, 1.807) is 24.3 Å². The number of nitrogens with one attached hydrogen (secondary N) is 2. The molecule has 0 aromatic heterocycles. The Bertz CT molecular complexity index is 1310. The molecule has 3 amide bonds. The summed E-state index contributed by atoms with van der Waals surface area (Å²) in [5, 5.41) is 5.74. The lowest BCUT2D eigenvalue weighted by molar-refractivity contribution is -0.137. The average molecular weight is 545 g/mol. The first kappa shape index (κ1) is 27.0. The van der Waals surface area contributed by atoms with Crippen molar-refractivity contribution >= 4 is 40.7 Å². The van der Waals surface area contributed by atoms with Crippen LogP contribution in [-0.2, 0) is 11.0 Å². The second kappa shape index (κ2) is 11.6. The number of nitrogens with zero attached hydrogens (tertiary/aromatic N) is 2. The summed E-state index contributed by atoms with van der Waals surface area (Å²) in [5.41, 5.74) is 0.915. The number of amides is 3. The van der Waals surface area contributed by atoms with Crippen molar-refractivity contribution in [1.82, 2.24) is 15.1 Å². The normalized spacial score (nSPS) is 13.7. The molecule has 0 bridgehead atoms. The van der Waals surface area contributed by atoms with Crippen LogP contribution in [0.15, 0.2) is 72.8 Å². The fourth-order valence-electron chi connectivity index (χ4n) is 3.96. The highest BCUT2D eigenvalue weighted by atomic mass is 35.5. The first-order valence-corrected chi connectivity index (χ1v) is 12.1. The van der Waals surface area contributed by atoms with Crippen LogP contribution in [0.25, 0.3) is 0 Å². The summed E-state index contributed by atoms with van der Waals surface area (Å²) in [7, 11) is 0. The highest BCUT2D eigenvalue weighted by Crippen LogP contribution is 2.32. The topological polar surface area (TPSA) is 81.8 Å². The van der Waals surface area contributed by atoms with Gasteiger partial charge in [-0.3, -0.25) is 14.4 Å². The molecule has 198 valence electrons. The van der Waals surface area contributed by atoms with Gasteiger partial charge in [-0.05, 0) is 54.6 Å². The molecule has 1 fully saturated rings. The van der Waals surface area contributed by atoms with E-state index in [0.717, 1.165) is 29.6 Å². The number of carbonyl (C=O) groups excluding carboxylic acids is 3. The first-order valence-electron chi connectivity index (χ1n) is 11.8. The zero-order valence-corrected chi connectivity index (χ0v) is 20.9. The zero-order chi connectivity index (χ0) is 27.3. The van der Waals surface area contributed by atoms with Crippen LogP contribution in [0.1, 0.15) is 26.3 Å². The average Bonchev–Trinajstić information content (AvgIpc) is 2.92. The van der Waals surface area contributed by atoms with E-state index in [9.17, 15) is 27.6 Å². The molecule has 1 aliphatic heterocycles. The molecule has 1 aliphatic rings. The first-order chi connectivity index (χ1) is 18.1. The lowest BCUT2D eigenvalue weighted by atomic mass is 10.1. The number of alkyl halides is 3. The van der Waals surface area contributed by atoms with Crippen LogP contribution in [0.2, 0.25) is 5.02 Å². The SMILES string of the molecule is O=C(NCC(=O)N1CCN(C(=O)c2cc(C(F)(F)F)ccc2Cl)CC1)c1ccc(Nc2ccccc2)cc1. The molecule has 38 heavy (non-hydrogen) atoms. The van der Waals surface area contributed by atoms with E-state index in [0.29, 0.717) is 5.56 Å². The maximum absolute atomic E-state index is 13.0. The van der Waals surface area contributed by atoms with Gasteiger partial charge in [-0.1, -0.05) is 29.8 Å². The van der Waals surface area contributed by atoms with Crippen molar-refractivity contribution in [3.8, 4) is 0 Å². The van der Waals surface area contributed by atoms with Crippen molar-refractivity contribution in [3.63, 3.8) is 0 Å². The summed E-state index contributed by atoms with van der Waals surface area (Å²) >= 11 is 5.98. The van der Waals surface area contributed by atoms with Crippen LogP contribution in [0.4, 0.5) is 24.5 Å². The standard InChI is InChI=1S/C27H24ClF3N4O3/c28-23-11-8-19(27(29,30)31)16-22(23)26(38)35-14-12-34(13-15-35)24(36)17-32-25(37)18-6-9-21(10-7-18)33-20-4-2-1-3-5-20/h1-11,16,33H,12-15,17H2,(H,32,37). The Balaban J connectivity index is 1.26. The molecule has 0 saturated carbocycles. The molecule has 0 atom stereocenters. The molecular formula is C27H24ClF3N4O3. The smallest absolute Gasteiger partial charge is 0.356 e. The van der Waals surface area contributed by atoms with Gasteiger partial charge in [-0.15, -0.1) is 0 Å². The van der Waals surface area contributed by atoms with Gasteiger partial charge < -0.3 is 20.4 Å². The molecule has 4 rings (SSSR count). The predicted octanol–water partition coefficient (Wildman–Crippen LogP) is 4.82. The molecule has 2 N–H and O–H groups in total. The maximum atomic E-state index is 13.0. The van der Waals surface area contributed by atoms with Crippen molar-refractivity contribution in [1.29, 1.82) is 0 Å². The van der Waals surface area contributed by atoms with Crippen LogP contribution < -0.4 is 10.6 Å². The molecule has 0 spiro atoms. The molecule has 0 aliphatic carbocycles. The van der Waals surface area contributed by atoms with Crippen molar-refractivity contribution in [3.05, 3.63) is 94.5 Å². The Morgan fingerprint density at radius 2 is 1.42 bits per heavy atom. The van der Waals surface area contributed by atoms with Gasteiger partial charge in [0.2, 0.25) is 5.91 Å². The Labute approximate surface area is 222 Å². The number of hydrogen-bond donors (Lipinski definition) is 2. The molecule has 11 heteroatoms. The predicted molar refractivity (Wildman–Crippen MR) is 137 cm³/mol. The Hall–Kier alpha value is -4.05. The summed E-state index contributed by atoms with van der Waals surface area (Å²) in [5.74, 6) is -1.37. The Kier molecular flexibility index (Phi) is 8.21. The number of carbonyl (C=O) groups is 3. The van der Waals surface area contributed by atoms with Gasteiger partial charge in [0, 0.05) is 43.1 Å². The molecule has 1 saturated heterocycles. The Morgan fingerprint density at radius 3 is 2.05 bits per heavy atom. The Morgan fingerprint density at radius 1 is 0.816 bits per heavy atom. The summed E-state index contributed by atoms with van der Waals surface area (Å²) in [6.45, 7) is 0.381. The van der Waals surface area contributed by atoms with Crippen LogP contribution in [0, 0.1) is 0 Å². The lowest BCUT2D eigenvalue weighted by Crippen LogP contribution is -2.52. The van der Waals surface area contributed by atoms with Gasteiger partial charge in [0.25, 0.3) is 11.8 Å². The summed E-state index contributed by atoms with van der Waals surface area (Å²) in [6.07, 6.45) is -4.60. The molecule has 3 aromatic carbocycles. The van der Waals surface area contributed by atoms with E-state index >= 15 is 0 Å². The van der Waals surface area contributed by atoms with Gasteiger partial charge in [-0.25, -0.2) is 0 Å². The largest absolute Gasteiger partial charge is 0.416 e. The second-order valence-corrected chi connectivity index (χ2v) is 9.02. The lowest BCUT2D eigenvalue weighted by Gasteiger charge is -2.35. The van der Waals surface area contributed by atoms with Gasteiger partial charge >= 0.3 is 6.18 Å². The van der Waals surface area contributed by atoms with Crippen LogP contribution in [0.3, 0.4) is 0 Å². The number of piperazine rings is 1. The summed E-state index contributed by atoms with van der Waals surface area (Å²) < 4.78 is 39.1. The minimum atomic E-state index is -4.60. The quantitative estimate of drug-likeness (QED) is 0.466. The molecule has 7 nitrogen and oxygen atoms in total. The number of anilines is 2. The van der Waals surface area contributed by atoms with Crippen molar-refractivity contribution in [2.24, 2.45) is 0 Å². The van der Waals surface area contributed by atoms with Gasteiger partial charge in [0.05, 0.1) is 22.7 Å². The number of para-hydroxylation sites is 1. The van der Waals surface area contributed by atoms with Gasteiger partial charge in [0.15, 0.2) is 0 Å². The molecule has 0 unspecified atom stereocenters. The summed E-state index contributed by atoms with van der Waals surface area (Å²) in [4.78, 5) is 40.7. The van der Waals surface area contributed by atoms with E-state index in [1.807, 2.05) is 30.3 Å². The molecule has 3 aromatic rings. The van der Waals surface area contributed by atoms with Gasteiger partial charge in [-0.2, -0.15) is 13.2 Å². The number of rotatable bonds is 6. The highest BCUT2D eigenvalue weighted by Gasteiger charge is 2.33. The van der Waals surface area contributed by atoms with Crippen LogP contribution in [-0.4, -0.2) is 60.2 Å².